The molecule has 2 atom stereocenters. The highest BCUT2D eigenvalue weighted by molar-refractivity contribution is 9.10. The highest BCUT2D eigenvalue weighted by Crippen LogP contribution is 2.31. The van der Waals surface area contributed by atoms with Crippen molar-refractivity contribution in [2.24, 2.45) is 5.73 Å². The van der Waals surface area contributed by atoms with Crippen molar-refractivity contribution < 1.29 is 17.9 Å². The molecule has 0 radical (unpaired) electrons. The third-order valence-corrected chi connectivity index (χ3v) is 3.36. The fraction of sp³-hybridized carbons (Fsp3) is 0.200. The Bertz CT molecular complexity index is 649. The minimum absolute atomic E-state index is 0.187. The third kappa shape index (κ3) is 3.57. The third-order valence-electron chi connectivity index (χ3n) is 2.90. The van der Waals surface area contributed by atoms with Crippen molar-refractivity contribution in [3.05, 3.63) is 63.9 Å². The van der Waals surface area contributed by atoms with E-state index >= 15 is 0 Å². The van der Waals surface area contributed by atoms with E-state index in [4.69, 9.17) is 10.5 Å². The maximum absolute atomic E-state index is 13.8. The van der Waals surface area contributed by atoms with Crippen molar-refractivity contribution >= 4 is 15.9 Å². The summed E-state index contributed by atoms with van der Waals surface area (Å²) in [5.74, 6) is -3.04. The van der Waals surface area contributed by atoms with Crippen LogP contribution in [0.25, 0.3) is 0 Å². The molecule has 0 saturated carbocycles. The van der Waals surface area contributed by atoms with Gasteiger partial charge in [-0.1, -0.05) is 34.1 Å². The first-order valence-corrected chi connectivity index (χ1v) is 7.00. The predicted octanol–water partition coefficient (Wildman–Crippen LogP) is 4.33. The van der Waals surface area contributed by atoms with Gasteiger partial charge in [-0.2, -0.15) is 4.39 Å². The second-order valence-corrected chi connectivity index (χ2v) is 5.53. The van der Waals surface area contributed by atoms with Gasteiger partial charge in [0.25, 0.3) is 0 Å². The molecule has 0 heterocycles. The van der Waals surface area contributed by atoms with Crippen molar-refractivity contribution in [1.29, 1.82) is 0 Å². The Morgan fingerprint density at radius 2 is 1.76 bits per heavy atom. The van der Waals surface area contributed by atoms with E-state index in [0.717, 1.165) is 6.07 Å². The molecule has 0 fully saturated rings. The molecule has 2 rings (SSSR count). The number of nitrogens with two attached hydrogens (primary N) is 1. The summed E-state index contributed by atoms with van der Waals surface area (Å²) >= 11 is 3.05. The van der Waals surface area contributed by atoms with E-state index in [1.54, 1.807) is 13.0 Å². The zero-order valence-electron chi connectivity index (χ0n) is 11.1. The highest BCUT2D eigenvalue weighted by Gasteiger charge is 2.24. The standard InChI is InChI=1S/C15H13BrF3NO/c1-8(20)15(10-4-2-3-5-11(10)17)21-13-7-9(16)6-12(18)14(13)19/h2-8,15H,20H2,1H3. The largest absolute Gasteiger partial charge is 0.481 e. The van der Waals surface area contributed by atoms with E-state index in [2.05, 4.69) is 15.9 Å². The average molecular weight is 360 g/mol. The number of ether oxygens (including phenoxy) is 1. The molecule has 0 aliphatic heterocycles. The molecular formula is C15H13BrF3NO. The first-order chi connectivity index (χ1) is 9.90. The van der Waals surface area contributed by atoms with E-state index in [1.807, 2.05) is 0 Å². The predicted molar refractivity (Wildman–Crippen MR) is 77.5 cm³/mol. The molecule has 0 saturated heterocycles. The average Bonchev–Trinajstić information content (AvgIpc) is 2.42. The second kappa shape index (κ2) is 6.49. The topological polar surface area (TPSA) is 35.2 Å². The highest BCUT2D eigenvalue weighted by atomic mass is 79.9. The summed E-state index contributed by atoms with van der Waals surface area (Å²) in [6.45, 7) is 1.60. The molecule has 21 heavy (non-hydrogen) atoms. The fourth-order valence-electron chi connectivity index (χ4n) is 1.91. The van der Waals surface area contributed by atoms with Gasteiger partial charge in [0.15, 0.2) is 11.6 Å². The number of benzene rings is 2. The first-order valence-electron chi connectivity index (χ1n) is 6.21. The van der Waals surface area contributed by atoms with Crippen LogP contribution in [0.15, 0.2) is 40.9 Å². The lowest BCUT2D eigenvalue weighted by Gasteiger charge is -2.23. The normalized spacial score (nSPS) is 13.8. The molecule has 0 aromatic heterocycles. The minimum Gasteiger partial charge on any atom is -0.481 e. The molecule has 2 N–H and O–H groups in total. The number of hydrogen-bond acceptors (Lipinski definition) is 2. The monoisotopic (exact) mass is 359 g/mol. The summed E-state index contributed by atoms with van der Waals surface area (Å²) in [5.41, 5.74) is 5.98. The van der Waals surface area contributed by atoms with E-state index in [-0.39, 0.29) is 11.3 Å². The van der Waals surface area contributed by atoms with Crippen molar-refractivity contribution in [1.82, 2.24) is 0 Å². The summed E-state index contributed by atoms with van der Waals surface area (Å²) < 4.78 is 46.7. The lowest BCUT2D eigenvalue weighted by Crippen LogP contribution is -2.30. The molecule has 6 heteroatoms. The van der Waals surface area contributed by atoms with Gasteiger partial charge in [-0.25, -0.2) is 8.78 Å². The first kappa shape index (κ1) is 15.9. The Morgan fingerprint density at radius 3 is 2.38 bits per heavy atom. The molecule has 2 aromatic carbocycles. The molecular weight excluding hydrogens is 347 g/mol. The van der Waals surface area contributed by atoms with Gasteiger partial charge in [0.05, 0.1) is 0 Å². The molecule has 2 nitrogen and oxygen atoms in total. The SMILES string of the molecule is CC(N)C(Oc1cc(Br)cc(F)c1F)c1ccccc1F. The quantitative estimate of drug-likeness (QED) is 0.824. The Balaban J connectivity index is 2.41. The molecule has 0 amide bonds. The van der Waals surface area contributed by atoms with E-state index in [0.29, 0.717) is 4.47 Å². The molecule has 0 aliphatic carbocycles. The van der Waals surface area contributed by atoms with Gasteiger partial charge in [-0.15, -0.1) is 0 Å². The fourth-order valence-corrected chi connectivity index (χ4v) is 2.32. The van der Waals surface area contributed by atoms with Crippen molar-refractivity contribution in [3.8, 4) is 5.75 Å². The smallest absolute Gasteiger partial charge is 0.200 e. The maximum Gasteiger partial charge on any atom is 0.200 e. The summed E-state index contributed by atoms with van der Waals surface area (Å²) in [7, 11) is 0. The number of rotatable bonds is 4. The zero-order valence-corrected chi connectivity index (χ0v) is 12.7. The zero-order chi connectivity index (χ0) is 15.6. The lowest BCUT2D eigenvalue weighted by molar-refractivity contribution is 0.166. The Kier molecular flexibility index (Phi) is 4.90. The van der Waals surface area contributed by atoms with Crippen LogP contribution < -0.4 is 10.5 Å². The molecule has 0 spiro atoms. The van der Waals surface area contributed by atoms with Crippen molar-refractivity contribution in [2.45, 2.75) is 19.1 Å². The molecule has 2 aromatic rings. The van der Waals surface area contributed by atoms with Crippen LogP contribution in [0.2, 0.25) is 0 Å². The number of hydrogen-bond donors (Lipinski definition) is 1. The van der Waals surface area contributed by atoms with Crippen LogP contribution >= 0.6 is 15.9 Å². The van der Waals surface area contributed by atoms with Crippen molar-refractivity contribution in [2.75, 3.05) is 0 Å². The second-order valence-electron chi connectivity index (χ2n) is 4.62. The molecule has 0 aliphatic rings. The van der Waals surface area contributed by atoms with Crippen LogP contribution in [0.1, 0.15) is 18.6 Å². The van der Waals surface area contributed by atoms with Gasteiger partial charge in [0.2, 0.25) is 5.82 Å². The van der Waals surface area contributed by atoms with Gasteiger partial charge >= 0.3 is 0 Å². The van der Waals surface area contributed by atoms with Gasteiger partial charge < -0.3 is 10.5 Å². The Hall–Kier alpha value is -1.53. The van der Waals surface area contributed by atoms with Gasteiger partial charge in [-0.05, 0) is 25.1 Å². The summed E-state index contributed by atoms with van der Waals surface area (Å²) in [5, 5.41) is 0. The van der Waals surface area contributed by atoms with Crippen LogP contribution in [-0.2, 0) is 0 Å². The van der Waals surface area contributed by atoms with Gasteiger partial charge in [0, 0.05) is 16.1 Å². The van der Waals surface area contributed by atoms with Crippen LogP contribution in [0.3, 0.4) is 0 Å². The molecule has 0 bridgehead atoms. The number of halogens is 4. The Labute approximate surface area is 128 Å². The van der Waals surface area contributed by atoms with Crippen LogP contribution in [0, 0.1) is 17.5 Å². The molecule has 112 valence electrons. The van der Waals surface area contributed by atoms with E-state index in [1.165, 1.54) is 24.3 Å². The lowest BCUT2D eigenvalue weighted by atomic mass is 10.0. The summed E-state index contributed by atoms with van der Waals surface area (Å²) in [6.07, 6.45) is -0.936. The molecule has 2 unspecified atom stereocenters. The van der Waals surface area contributed by atoms with E-state index in [9.17, 15) is 13.2 Å². The van der Waals surface area contributed by atoms with Crippen LogP contribution in [0.5, 0.6) is 5.75 Å². The minimum atomic E-state index is -1.14. The maximum atomic E-state index is 13.8. The summed E-state index contributed by atoms with van der Waals surface area (Å²) in [4.78, 5) is 0. The van der Waals surface area contributed by atoms with Gasteiger partial charge in [-0.3, -0.25) is 0 Å². The van der Waals surface area contributed by atoms with Gasteiger partial charge in [0.1, 0.15) is 11.9 Å². The van der Waals surface area contributed by atoms with Crippen molar-refractivity contribution in [3.63, 3.8) is 0 Å². The van der Waals surface area contributed by atoms with Crippen LogP contribution in [0.4, 0.5) is 13.2 Å². The Morgan fingerprint density at radius 1 is 1.10 bits per heavy atom. The van der Waals surface area contributed by atoms with E-state index < -0.39 is 29.6 Å². The van der Waals surface area contributed by atoms with Crippen LogP contribution in [-0.4, -0.2) is 6.04 Å². The summed E-state index contributed by atoms with van der Waals surface area (Å²) in [6, 6.07) is 7.52.